The summed E-state index contributed by atoms with van der Waals surface area (Å²) in [6.45, 7) is 3.25. The molecule has 0 unspecified atom stereocenters. The Balaban J connectivity index is 1.43. The first-order valence-electron chi connectivity index (χ1n) is 7.98. The van der Waals surface area contributed by atoms with Crippen LogP contribution < -0.4 is 5.32 Å². The number of hydrogen-bond acceptors (Lipinski definition) is 6. The van der Waals surface area contributed by atoms with E-state index >= 15 is 0 Å². The van der Waals surface area contributed by atoms with Gasteiger partial charge in [0.05, 0.1) is 6.54 Å². The SMILES string of the molecule is Cc1nnc(SCCCNC(=O)c2cccc(Cn3cccn3)c2)s1. The van der Waals surface area contributed by atoms with Crippen molar-refractivity contribution >= 4 is 29.0 Å². The number of hydrogen-bond donors (Lipinski definition) is 1. The fraction of sp³-hybridized carbons (Fsp3) is 0.294. The summed E-state index contributed by atoms with van der Waals surface area (Å²) in [6.07, 6.45) is 4.55. The van der Waals surface area contributed by atoms with Gasteiger partial charge in [-0.05, 0) is 37.1 Å². The van der Waals surface area contributed by atoms with E-state index in [0.717, 1.165) is 27.1 Å². The third-order valence-corrected chi connectivity index (χ3v) is 5.49. The van der Waals surface area contributed by atoms with Crippen molar-refractivity contribution in [3.05, 3.63) is 58.9 Å². The van der Waals surface area contributed by atoms with Gasteiger partial charge in [-0.3, -0.25) is 9.48 Å². The topological polar surface area (TPSA) is 72.7 Å². The largest absolute Gasteiger partial charge is 0.352 e. The minimum Gasteiger partial charge on any atom is -0.352 e. The number of benzene rings is 1. The van der Waals surface area contributed by atoms with Crippen LogP contribution >= 0.6 is 23.1 Å². The van der Waals surface area contributed by atoms with Gasteiger partial charge in [-0.1, -0.05) is 35.2 Å². The monoisotopic (exact) mass is 373 g/mol. The number of thioether (sulfide) groups is 1. The molecule has 0 aliphatic carbocycles. The van der Waals surface area contributed by atoms with Crippen molar-refractivity contribution in [2.45, 2.75) is 24.2 Å². The van der Waals surface area contributed by atoms with Crippen LogP contribution in [0, 0.1) is 6.92 Å². The molecule has 3 aromatic rings. The van der Waals surface area contributed by atoms with E-state index in [1.165, 1.54) is 0 Å². The van der Waals surface area contributed by atoms with Crippen molar-refractivity contribution in [3.8, 4) is 0 Å². The molecule has 130 valence electrons. The van der Waals surface area contributed by atoms with Crippen LogP contribution in [0.2, 0.25) is 0 Å². The standard InChI is InChI=1S/C17H19N5OS2/c1-13-20-21-17(25-13)24-10-4-7-18-16(23)15-6-2-5-14(11-15)12-22-9-3-8-19-22/h2-3,5-6,8-9,11H,4,7,10,12H2,1H3,(H,18,23). The molecule has 1 aromatic carbocycles. The molecule has 8 heteroatoms. The molecule has 3 rings (SSSR count). The quantitative estimate of drug-likeness (QED) is 0.485. The van der Waals surface area contributed by atoms with Gasteiger partial charge in [-0.15, -0.1) is 10.2 Å². The van der Waals surface area contributed by atoms with Gasteiger partial charge in [0.25, 0.3) is 5.91 Å². The van der Waals surface area contributed by atoms with Gasteiger partial charge in [0.1, 0.15) is 5.01 Å². The Hall–Kier alpha value is -2.19. The number of carbonyl (C=O) groups excluding carboxylic acids is 1. The number of carbonyl (C=O) groups is 1. The third-order valence-electron chi connectivity index (χ3n) is 3.43. The molecule has 0 atom stereocenters. The smallest absolute Gasteiger partial charge is 0.251 e. The van der Waals surface area contributed by atoms with Crippen LogP contribution in [0.4, 0.5) is 0 Å². The van der Waals surface area contributed by atoms with E-state index in [1.807, 2.05) is 48.1 Å². The summed E-state index contributed by atoms with van der Waals surface area (Å²) in [6, 6.07) is 9.54. The predicted molar refractivity (Wildman–Crippen MR) is 100 cm³/mol. The fourth-order valence-corrected chi connectivity index (χ4v) is 4.09. The van der Waals surface area contributed by atoms with Gasteiger partial charge in [-0.25, -0.2) is 0 Å². The Kier molecular flexibility index (Phi) is 6.19. The van der Waals surface area contributed by atoms with E-state index in [9.17, 15) is 4.79 Å². The van der Waals surface area contributed by atoms with Crippen molar-refractivity contribution in [3.63, 3.8) is 0 Å². The lowest BCUT2D eigenvalue weighted by molar-refractivity contribution is 0.0953. The average Bonchev–Trinajstić information content (AvgIpc) is 3.26. The van der Waals surface area contributed by atoms with Crippen molar-refractivity contribution in [2.75, 3.05) is 12.3 Å². The van der Waals surface area contributed by atoms with Gasteiger partial charge < -0.3 is 5.32 Å². The fourth-order valence-electron chi connectivity index (χ4n) is 2.26. The zero-order chi connectivity index (χ0) is 17.5. The molecule has 0 aliphatic heterocycles. The van der Waals surface area contributed by atoms with Crippen molar-refractivity contribution in [1.29, 1.82) is 0 Å². The van der Waals surface area contributed by atoms with E-state index in [1.54, 1.807) is 29.3 Å². The summed E-state index contributed by atoms with van der Waals surface area (Å²) in [5.74, 6) is 0.868. The van der Waals surface area contributed by atoms with Gasteiger partial charge in [0.2, 0.25) is 0 Å². The number of aryl methyl sites for hydroxylation is 1. The Labute approximate surface area is 154 Å². The lowest BCUT2D eigenvalue weighted by Gasteiger charge is -2.07. The van der Waals surface area contributed by atoms with Crippen molar-refractivity contribution in [2.24, 2.45) is 0 Å². The molecule has 0 saturated carbocycles. The summed E-state index contributed by atoms with van der Waals surface area (Å²) in [4.78, 5) is 12.3. The second kappa shape index (κ2) is 8.77. The van der Waals surface area contributed by atoms with E-state index < -0.39 is 0 Å². The second-order valence-electron chi connectivity index (χ2n) is 5.45. The van der Waals surface area contributed by atoms with Crippen molar-refractivity contribution < 1.29 is 4.79 Å². The molecule has 1 amide bonds. The minimum atomic E-state index is -0.0425. The number of aromatic nitrogens is 4. The lowest BCUT2D eigenvalue weighted by Crippen LogP contribution is -2.24. The molecule has 0 spiro atoms. The lowest BCUT2D eigenvalue weighted by atomic mass is 10.1. The van der Waals surface area contributed by atoms with Crippen molar-refractivity contribution in [1.82, 2.24) is 25.3 Å². The molecule has 0 radical (unpaired) electrons. The van der Waals surface area contributed by atoms with Gasteiger partial charge >= 0.3 is 0 Å². The summed E-state index contributed by atoms with van der Waals surface area (Å²) in [5, 5.41) is 16.2. The molecule has 25 heavy (non-hydrogen) atoms. The van der Waals surface area contributed by atoms with Crippen LogP contribution in [0.1, 0.15) is 27.3 Å². The first-order chi connectivity index (χ1) is 12.2. The highest BCUT2D eigenvalue weighted by molar-refractivity contribution is 8.01. The zero-order valence-corrected chi connectivity index (χ0v) is 15.5. The summed E-state index contributed by atoms with van der Waals surface area (Å²) in [5.41, 5.74) is 1.73. The van der Waals surface area contributed by atoms with Gasteiger partial charge in [-0.2, -0.15) is 5.10 Å². The molecule has 0 saturated heterocycles. The highest BCUT2D eigenvalue weighted by Gasteiger charge is 2.06. The summed E-state index contributed by atoms with van der Waals surface area (Å²) >= 11 is 3.28. The molecule has 0 aliphatic rings. The van der Waals surface area contributed by atoms with E-state index in [-0.39, 0.29) is 5.91 Å². The Morgan fingerprint density at radius 1 is 1.32 bits per heavy atom. The van der Waals surface area contributed by atoms with E-state index in [2.05, 4.69) is 20.6 Å². The normalized spacial score (nSPS) is 10.8. The minimum absolute atomic E-state index is 0.0425. The molecule has 2 aromatic heterocycles. The number of nitrogens with zero attached hydrogens (tertiary/aromatic N) is 4. The second-order valence-corrected chi connectivity index (χ2v) is 7.97. The Morgan fingerprint density at radius 2 is 2.24 bits per heavy atom. The maximum absolute atomic E-state index is 12.3. The number of nitrogens with one attached hydrogen (secondary N) is 1. The molecular weight excluding hydrogens is 354 g/mol. The molecule has 6 nitrogen and oxygen atoms in total. The summed E-state index contributed by atoms with van der Waals surface area (Å²) < 4.78 is 2.82. The first kappa shape index (κ1) is 17.6. The first-order valence-corrected chi connectivity index (χ1v) is 9.78. The Morgan fingerprint density at radius 3 is 3.00 bits per heavy atom. The van der Waals surface area contributed by atoms with E-state index in [0.29, 0.717) is 18.7 Å². The Bertz CT molecular complexity index is 816. The molecule has 0 fully saturated rings. The van der Waals surface area contributed by atoms with Crippen LogP contribution in [0.25, 0.3) is 0 Å². The molecular formula is C17H19N5OS2. The van der Waals surface area contributed by atoms with Crippen LogP contribution in [0.15, 0.2) is 47.1 Å². The van der Waals surface area contributed by atoms with Crippen LogP contribution in [0.3, 0.4) is 0 Å². The molecule has 2 heterocycles. The molecule has 1 N–H and O–H groups in total. The highest BCUT2D eigenvalue weighted by Crippen LogP contribution is 2.22. The highest BCUT2D eigenvalue weighted by atomic mass is 32.2. The third kappa shape index (κ3) is 5.40. The van der Waals surface area contributed by atoms with Crippen LogP contribution in [-0.4, -0.2) is 38.2 Å². The average molecular weight is 374 g/mol. The predicted octanol–water partition coefficient (Wildman–Crippen LogP) is 3.00. The number of rotatable bonds is 8. The number of amides is 1. The maximum atomic E-state index is 12.3. The maximum Gasteiger partial charge on any atom is 0.251 e. The molecule has 0 bridgehead atoms. The van der Waals surface area contributed by atoms with Gasteiger partial charge in [0, 0.05) is 30.3 Å². The van der Waals surface area contributed by atoms with Crippen LogP contribution in [0.5, 0.6) is 0 Å². The summed E-state index contributed by atoms with van der Waals surface area (Å²) in [7, 11) is 0. The van der Waals surface area contributed by atoms with E-state index in [4.69, 9.17) is 0 Å². The van der Waals surface area contributed by atoms with Gasteiger partial charge in [0.15, 0.2) is 4.34 Å². The van der Waals surface area contributed by atoms with Crippen LogP contribution in [-0.2, 0) is 6.54 Å². The zero-order valence-electron chi connectivity index (χ0n) is 13.9.